The summed E-state index contributed by atoms with van der Waals surface area (Å²) in [7, 11) is 0. The summed E-state index contributed by atoms with van der Waals surface area (Å²) in [5.41, 5.74) is 5.51. The van der Waals surface area contributed by atoms with E-state index in [4.69, 9.17) is 5.73 Å². The summed E-state index contributed by atoms with van der Waals surface area (Å²) in [5, 5.41) is 0. The second-order valence-electron chi connectivity index (χ2n) is 2.85. The minimum absolute atomic E-state index is 0.0377. The first-order valence-corrected chi connectivity index (χ1v) is 3.96. The van der Waals surface area contributed by atoms with Crippen molar-refractivity contribution in [2.45, 2.75) is 13.3 Å². The van der Waals surface area contributed by atoms with Crippen LogP contribution in [0.4, 0.5) is 18.9 Å². The van der Waals surface area contributed by atoms with Gasteiger partial charge in [0.1, 0.15) is 5.75 Å². The summed E-state index contributed by atoms with van der Waals surface area (Å²) in [6.07, 6.45) is -4.76. The van der Waals surface area contributed by atoms with Crippen molar-refractivity contribution >= 4 is 11.5 Å². The molecule has 0 aliphatic rings. The van der Waals surface area contributed by atoms with Crippen LogP contribution >= 0.6 is 0 Å². The van der Waals surface area contributed by atoms with Gasteiger partial charge in [-0.05, 0) is 19.1 Å². The first kappa shape index (κ1) is 11.4. The van der Waals surface area contributed by atoms with Crippen molar-refractivity contribution in [3.63, 3.8) is 0 Å². The van der Waals surface area contributed by atoms with E-state index in [1.165, 1.54) is 13.0 Å². The van der Waals surface area contributed by atoms with Gasteiger partial charge in [-0.25, -0.2) is 0 Å². The molecule has 1 aromatic rings. The van der Waals surface area contributed by atoms with Crippen LogP contribution < -0.4 is 10.5 Å². The van der Waals surface area contributed by atoms with Crippen molar-refractivity contribution in [3.8, 4) is 5.75 Å². The van der Waals surface area contributed by atoms with Crippen molar-refractivity contribution in [1.82, 2.24) is 0 Å². The molecule has 0 aromatic heterocycles. The van der Waals surface area contributed by atoms with E-state index in [9.17, 15) is 18.0 Å². The molecule has 0 saturated carbocycles. The molecule has 0 bridgehead atoms. The Labute approximate surface area is 83.6 Å². The highest BCUT2D eigenvalue weighted by Gasteiger charge is 2.31. The van der Waals surface area contributed by atoms with Gasteiger partial charge in [-0.2, -0.15) is 0 Å². The summed E-state index contributed by atoms with van der Waals surface area (Å²) in [6.45, 7) is 1.27. The van der Waals surface area contributed by atoms with Gasteiger partial charge < -0.3 is 10.5 Å². The fourth-order valence-electron chi connectivity index (χ4n) is 1.06. The van der Waals surface area contributed by atoms with E-state index < -0.39 is 12.1 Å². The lowest BCUT2D eigenvalue weighted by molar-refractivity contribution is -0.274. The van der Waals surface area contributed by atoms with Crippen LogP contribution in [0.5, 0.6) is 5.75 Å². The smallest absolute Gasteiger partial charge is 0.406 e. The van der Waals surface area contributed by atoms with Crippen LogP contribution in [0.3, 0.4) is 0 Å². The van der Waals surface area contributed by atoms with Crippen LogP contribution in [-0.4, -0.2) is 12.1 Å². The molecule has 0 amide bonds. The Morgan fingerprint density at radius 1 is 1.40 bits per heavy atom. The van der Waals surface area contributed by atoms with Crippen LogP contribution in [0.1, 0.15) is 17.3 Å². The van der Waals surface area contributed by atoms with E-state index in [0.717, 1.165) is 12.1 Å². The quantitative estimate of drug-likeness (QED) is 0.613. The van der Waals surface area contributed by atoms with Gasteiger partial charge in [0.25, 0.3) is 0 Å². The lowest BCUT2D eigenvalue weighted by Crippen LogP contribution is -2.17. The van der Waals surface area contributed by atoms with Gasteiger partial charge in [-0.15, -0.1) is 13.2 Å². The number of anilines is 1. The SMILES string of the molecule is CC(=O)c1ccc(OC(F)(F)F)cc1N. The number of carbonyl (C=O) groups is 1. The molecule has 0 atom stereocenters. The summed E-state index contributed by atoms with van der Waals surface area (Å²) in [5.74, 6) is -0.754. The maximum atomic E-state index is 11.8. The molecule has 6 heteroatoms. The van der Waals surface area contributed by atoms with Gasteiger partial charge in [0, 0.05) is 17.3 Å². The van der Waals surface area contributed by atoms with Crippen LogP contribution in [0.15, 0.2) is 18.2 Å². The molecule has 15 heavy (non-hydrogen) atoms. The molecule has 0 saturated heterocycles. The fourth-order valence-corrected chi connectivity index (χ4v) is 1.06. The lowest BCUT2D eigenvalue weighted by Gasteiger charge is -2.10. The van der Waals surface area contributed by atoms with Crippen LogP contribution in [0.25, 0.3) is 0 Å². The van der Waals surface area contributed by atoms with Gasteiger partial charge in [0.2, 0.25) is 0 Å². The second-order valence-corrected chi connectivity index (χ2v) is 2.85. The van der Waals surface area contributed by atoms with E-state index in [1.54, 1.807) is 0 Å². The molecular weight excluding hydrogens is 211 g/mol. The zero-order chi connectivity index (χ0) is 11.6. The molecule has 0 heterocycles. The molecule has 2 N–H and O–H groups in total. The zero-order valence-electron chi connectivity index (χ0n) is 7.76. The van der Waals surface area contributed by atoms with Crippen LogP contribution in [0.2, 0.25) is 0 Å². The monoisotopic (exact) mass is 219 g/mol. The van der Waals surface area contributed by atoms with Crippen LogP contribution in [0, 0.1) is 0 Å². The fraction of sp³-hybridized carbons (Fsp3) is 0.222. The van der Waals surface area contributed by atoms with Crippen molar-refractivity contribution < 1.29 is 22.7 Å². The molecular formula is C9H8F3NO2. The van der Waals surface area contributed by atoms with Gasteiger partial charge in [0.05, 0.1) is 0 Å². The van der Waals surface area contributed by atoms with E-state index in [1.807, 2.05) is 0 Å². The minimum atomic E-state index is -4.76. The molecule has 1 aromatic carbocycles. The van der Waals surface area contributed by atoms with Crippen molar-refractivity contribution in [3.05, 3.63) is 23.8 Å². The maximum Gasteiger partial charge on any atom is 0.573 e. The number of Topliss-reactive ketones (excluding diaryl/α,β-unsaturated/α-hetero) is 1. The molecule has 0 unspecified atom stereocenters. The second kappa shape index (κ2) is 3.80. The number of carbonyl (C=O) groups excluding carboxylic acids is 1. The Hall–Kier alpha value is -1.72. The number of hydrogen-bond acceptors (Lipinski definition) is 3. The molecule has 0 spiro atoms. The van der Waals surface area contributed by atoms with Gasteiger partial charge >= 0.3 is 6.36 Å². The summed E-state index contributed by atoms with van der Waals surface area (Å²) < 4.78 is 39.0. The largest absolute Gasteiger partial charge is 0.573 e. The highest BCUT2D eigenvalue weighted by atomic mass is 19.4. The third-order valence-corrected chi connectivity index (χ3v) is 1.64. The number of halogens is 3. The summed E-state index contributed by atoms with van der Waals surface area (Å²) >= 11 is 0. The van der Waals surface area contributed by atoms with Gasteiger partial charge in [0.15, 0.2) is 5.78 Å². The average molecular weight is 219 g/mol. The first-order chi connectivity index (χ1) is 6.79. The molecule has 0 aliphatic carbocycles. The Kier molecular flexibility index (Phi) is 2.88. The highest BCUT2D eigenvalue weighted by Crippen LogP contribution is 2.26. The number of rotatable bonds is 2. The third kappa shape index (κ3) is 3.16. The Morgan fingerprint density at radius 3 is 2.40 bits per heavy atom. The first-order valence-electron chi connectivity index (χ1n) is 3.96. The third-order valence-electron chi connectivity index (χ3n) is 1.64. The van der Waals surface area contributed by atoms with E-state index in [-0.39, 0.29) is 17.0 Å². The number of ketones is 1. The number of benzene rings is 1. The standard InChI is InChI=1S/C9H8F3NO2/c1-5(14)7-3-2-6(4-8(7)13)15-9(10,11)12/h2-4H,13H2,1H3. The van der Waals surface area contributed by atoms with Crippen LogP contribution in [-0.2, 0) is 0 Å². The number of ether oxygens (including phenoxy) is 1. The average Bonchev–Trinajstić information content (AvgIpc) is 1.99. The van der Waals surface area contributed by atoms with Crippen molar-refractivity contribution in [2.24, 2.45) is 0 Å². The predicted octanol–water partition coefficient (Wildman–Crippen LogP) is 2.37. The van der Waals surface area contributed by atoms with Gasteiger partial charge in [-0.3, -0.25) is 4.79 Å². The topological polar surface area (TPSA) is 52.3 Å². The Balaban J connectivity index is 2.97. The Morgan fingerprint density at radius 2 is 2.00 bits per heavy atom. The number of nitrogens with two attached hydrogens (primary N) is 1. The number of hydrogen-bond donors (Lipinski definition) is 1. The van der Waals surface area contributed by atoms with E-state index >= 15 is 0 Å². The minimum Gasteiger partial charge on any atom is -0.406 e. The molecule has 0 aliphatic heterocycles. The molecule has 0 fully saturated rings. The van der Waals surface area contributed by atoms with Crippen molar-refractivity contribution in [1.29, 1.82) is 0 Å². The zero-order valence-corrected chi connectivity index (χ0v) is 7.76. The number of nitrogen functional groups attached to an aromatic ring is 1. The van der Waals surface area contributed by atoms with Crippen molar-refractivity contribution in [2.75, 3.05) is 5.73 Å². The molecule has 0 radical (unpaired) electrons. The number of alkyl halides is 3. The van der Waals surface area contributed by atoms with E-state index in [2.05, 4.69) is 4.74 Å². The molecule has 3 nitrogen and oxygen atoms in total. The summed E-state index contributed by atoms with van der Waals surface area (Å²) in [6, 6.07) is 3.20. The Bertz CT molecular complexity index is 387. The predicted molar refractivity (Wildman–Crippen MR) is 47.5 cm³/mol. The molecule has 82 valence electrons. The highest BCUT2D eigenvalue weighted by molar-refractivity contribution is 5.99. The normalized spacial score (nSPS) is 11.2. The summed E-state index contributed by atoms with van der Waals surface area (Å²) in [4.78, 5) is 10.9. The maximum absolute atomic E-state index is 11.8. The molecule has 1 rings (SSSR count). The lowest BCUT2D eigenvalue weighted by atomic mass is 10.1. The van der Waals surface area contributed by atoms with E-state index in [0.29, 0.717) is 0 Å². The van der Waals surface area contributed by atoms with Gasteiger partial charge in [-0.1, -0.05) is 0 Å².